The number of nitrogens with two attached hydrogens (primary N) is 1. The molecule has 40 heavy (non-hydrogen) atoms. The predicted octanol–water partition coefficient (Wildman–Crippen LogP) is 3.16. The summed E-state index contributed by atoms with van der Waals surface area (Å²) in [6.45, 7) is 2.88. The Kier molecular flexibility index (Phi) is 8.32. The third kappa shape index (κ3) is 5.95. The van der Waals surface area contributed by atoms with Gasteiger partial charge >= 0.3 is 0 Å². The Balaban J connectivity index is 1.42. The molecule has 1 aliphatic rings. The minimum Gasteiger partial charge on any atom is -0.404 e. The number of aliphatic imine (C=N–C) groups is 1. The molecule has 208 valence electrons. The van der Waals surface area contributed by atoms with Crippen molar-refractivity contribution in [2.24, 2.45) is 17.8 Å². The van der Waals surface area contributed by atoms with Gasteiger partial charge in [0.05, 0.1) is 36.8 Å². The normalized spacial score (nSPS) is 13.2. The van der Waals surface area contributed by atoms with Crippen molar-refractivity contribution in [3.05, 3.63) is 65.7 Å². The van der Waals surface area contributed by atoms with Gasteiger partial charge in [-0.1, -0.05) is 24.3 Å². The average Bonchev–Trinajstić information content (AvgIpc) is 3.55. The zero-order valence-electron chi connectivity index (χ0n) is 23.5. The molecule has 0 saturated carbocycles. The van der Waals surface area contributed by atoms with Gasteiger partial charge in [0, 0.05) is 68.3 Å². The van der Waals surface area contributed by atoms with E-state index in [2.05, 4.69) is 49.6 Å². The standard InChI is InChI=1S/C29H36N10O/c1-37(2)14-15-39-13-11-25(36-39)33-29-32-19-22-9-10-24-26(27(22)34-29)28(38(3)35-24)21-7-5-20(6-8-21)23(17-30)18-31-12-16-40-4/h5-8,11,13,17-19H,9-10,12,14-16,30H2,1-4H3,(H,32,33,34,36)/b23-17+,31-18?. The summed E-state index contributed by atoms with van der Waals surface area (Å²) in [4.78, 5) is 16.1. The molecular formula is C29H36N10O. The van der Waals surface area contributed by atoms with Crippen molar-refractivity contribution < 1.29 is 4.74 Å². The predicted molar refractivity (Wildman–Crippen MR) is 159 cm³/mol. The van der Waals surface area contributed by atoms with E-state index in [1.54, 1.807) is 19.5 Å². The second-order valence-electron chi connectivity index (χ2n) is 9.98. The van der Waals surface area contributed by atoms with Gasteiger partial charge in [0.1, 0.15) is 0 Å². The van der Waals surface area contributed by atoms with Gasteiger partial charge in [-0.25, -0.2) is 9.97 Å². The summed E-state index contributed by atoms with van der Waals surface area (Å²) in [5.74, 6) is 1.23. The van der Waals surface area contributed by atoms with Crippen molar-refractivity contribution in [2.45, 2.75) is 19.4 Å². The van der Waals surface area contributed by atoms with Gasteiger partial charge in [0.2, 0.25) is 5.95 Å². The number of hydrogen-bond donors (Lipinski definition) is 2. The first-order chi connectivity index (χ1) is 19.5. The lowest BCUT2D eigenvalue weighted by atomic mass is 9.91. The molecule has 0 atom stereocenters. The Morgan fingerprint density at radius 1 is 1.18 bits per heavy atom. The molecule has 0 unspecified atom stereocenters. The number of likely N-dealkylation sites (N-methyl/N-ethyl adjacent to an activating group) is 1. The molecule has 0 radical (unpaired) electrons. The molecule has 1 aromatic carbocycles. The maximum atomic E-state index is 5.89. The second-order valence-corrected chi connectivity index (χ2v) is 9.98. The van der Waals surface area contributed by atoms with E-state index < -0.39 is 0 Å². The van der Waals surface area contributed by atoms with Gasteiger partial charge in [-0.3, -0.25) is 14.4 Å². The molecule has 3 N–H and O–H groups in total. The number of rotatable bonds is 11. The van der Waals surface area contributed by atoms with Gasteiger partial charge < -0.3 is 20.7 Å². The molecule has 4 aromatic rings. The molecule has 5 rings (SSSR count). The van der Waals surface area contributed by atoms with E-state index in [4.69, 9.17) is 20.6 Å². The van der Waals surface area contributed by atoms with Gasteiger partial charge in [0.15, 0.2) is 5.82 Å². The minimum atomic E-state index is 0.514. The molecule has 3 aromatic heterocycles. The second kappa shape index (κ2) is 12.2. The van der Waals surface area contributed by atoms with E-state index in [9.17, 15) is 0 Å². The van der Waals surface area contributed by atoms with Crippen LogP contribution in [0.25, 0.3) is 28.1 Å². The zero-order valence-corrected chi connectivity index (χ0v) is 23.5. The third-order valence-corrected chi connectivity index (χ3v) is 6.84. The molecule has 0 bridgehead atoms. The van der Waals surface area contributed by atoms with E-state index in [1.165, 1.54) is 0 Å². The summed E-state index contributed by atoms with van der Waals surface area (Å²) in [6, 6.07) is 10.2. The molecule has 0 fully saturated rings. The first-order valence-corrected chi connectivity index (χ1v) is 13.4. The highest BCUT2D eigenvalue weighted by atomic mass is 16.5. The molecule has 0 spiro atoms. The number of hydrogen-bond acceptors (Lipinski definition) is 9. The van der Waals surface area contributed by atoms with Crippen LogP contribution >= 0.6 is 0 Å². The molecular weight excluding hydrogens is 504 g/mol. The molecule has 1 aliphatic carbocycles. The lowest BCUT2D eigenvalue weighted by molar-refractivity contribution is 0.208. The Labute approximate surface area is 234 Å². The van der Waals surface area contributed by atoms with Crippen molar-refractivity contribution in [1.29, 1.82) is 0 Å². The molecule has 0 saturated heterocycles. The fourth-order valence-electron chi connectivity index (χ4n) is 4.77. The number of allylic oxidation sites excluding steroid dienone is 1. The van der Waals surface area contributed by atoms with Crippen LogP contribution in [0.3, 0.4) is 0 Å². The number of nitrogens with zero attached hydrogens (tertiary/aromatic N) is 8. The number of methoxy groups -OCH3 is 1. The molecule has 11 nitrogen and oxygen atoms in total. The van der Waals surface area contributed by atoms with Crippen molar-refractivity contribution in [3.8, 4) is 22.5 Å². The maximum Gasteiger partial charge on any atom is 0.228 e. The van der Waals surface area contributed by atoms with Crippen LogP contribution < -0.4 is 11.1 Å². The van der Waals surface area contributed by atoms with E-state index in [0.717, 1.165) is 70.8 Å². The fraction of sp³-hybridized carbons (Fsp3) is 0.345. The van der Waals surface area contributed by atoms with Crippen molar-refractivity contribution in [1.82, 2.24) is 34.4 Å². The van der Waals surface area contributed by atoms with Gasteiger partial charge in [-0.15, -0.1) is 0 Å². The first kappa shape index (κ1) is 27.2. The van der Waals surface area contributed by atoms with E-state index in [-0.39, 0.29) is 0 Å². The van der Waals surface area contributed by atoms with Crippen molar-refractivity contribution >= 4 is 23.6 Å². The highest BCUT2D eigenvalue weighted by Gasteiger charge is 2.27. The average molecular weight is 541 g/mol. The summed E-state index contributed by atoms with van der Waals surface area (Å²) >= 11 is 0. The van der Waals surface area contributed by atoms with Crippen LogP contribution in [0.2, 0.25) is 0 Å². The molecule has 3 heterocycles. The fourth-order valence-corrected chi connectivity index (χ4v) is 4.77. The lowest BCUT2D eigenvalue weighted by Crippen LogP contribution is -2.18. The summed E-state index contributed by atoms with van der Waals surface area (Å²) in [5.41, 5.74) is 13.9. The maximum absolute atomic E-state index is 5.89. The number of benzene rings is 1. The summed E-state index contributed by atoms with van der Waals surface area (Å²) in [7, 11) is 7.74. The lowest BCUT2D eigenvalue weighted by Gasteiger charge is -2.17. The Bertz CT molecular complexity index is 1510. The smallest absolute Gasteiger partial charge is 0.228 e. The molecule has 0 aliphatic heterocycles. The van der Waals surface area contributed by atoms with E-state index >= 15 is 0 Å². The molecule has 0 amide bonds. The number of aromatic nitrogens is 6. The number of nitrogens with one attached hydrogen (secondary N) is 1. The van der Waals surface area contributed by atoms with Crippen LogP contribution in [-0.4, -0.2) is 81.5 Å². The monoisotopic (exact) mass is 540 g/mol. The number of ether oxygens (including phenoxy) is 1. The first-order valence-electron chi connectivity index (χ1n) is 13.4. The van der Waals surface area contributed by atoms with Crippen molar-refractivity contribution in [2.75, 3.05) is 46.2 Å². The SMILES string of the molecule is COCCN=C/C(=C\N)c1ccc(-c2c3c(nn2C)CCc2cnc(Nc4ccn(CCN(C)C)n4)nc2-3)cc1. The van der Waals surface area contributed by atoms with E-state index in [1.807, 2.05) is 49.0 Å². The highest BCUT2D eigenvalue weighted by Crippen LogP contribution is 2.39. The third-order valence-electron chi connectivity index (χ3n) is 6.84. The number of aryl methyl sites for hydroxylation is 3. The summed E-state index contributed by atoms with van der Waals surface area (Å²) < 4.78 is 8.93. The van der Waals surface area contributed by atoms with Crippen LogP contribution in [0.4, 0.5) is 11.8 Å². The Morgan fingerprint density at radius 2 is 2.00 bits per heavy atom. The van der Waals surface area contributed by atoms with Crippen LogP contribution in [0.5, 0.6) is 0 Å². The van der Waals surface area contributed by atoms with Crippen LogP contribution in [0, 0.1) is 0 Å². The quantitative estimate of drug-likeness (QED) is 0.220. The Morgan fingerprint density at radius 3 is 2.75 bits per heavy atom. The molecule has 11 heteroatoms. The van der Waals surface area contributed by atoms with Crippen LogP contribution in [0.1, 0.15) is 16.8 Å². The summed E-state index contributed by atoms with van der Waals surface area (Å²) in [6.07, 6.45) is 8.93. The van der Waals surface area contributed by atoms with Crippen LogP contribution in [-0.2, 0) is 31.2 Å². The van der Waals surface area contributed by atoms with Crippen molar-refractivity contribution in [3.63, 3.8) is 0 Å². The van der Waals surface area contributed by atoms with Gasteiger partial charge in [-0.05, 0) is 38.1 Å². The largest absolute Gasteiger partial charge is 0.404 e. The Hall–Kier alpha value is -4.35. The highest BCUT2D eigenvalue weighted by molar-refractivity contribution is 6.09. The minimum absolute atomic E-state index is 0.514. The van der Waals surface area contributed by atoms with Gasteiger partial charge in [-0.2, -0.15) is 10.2 Å². The zero-order chi connectivity index (χ0) is 28.1. The summed E-state index contributed by atoms with van der Waals surface area (Å²) in [5, 5.41) is 12.8. The number of anilines is 2. The topological polar surface area (TPSA) is 124 Å². The number of fused-ring (bicyclic) bond motifs is 3. The van der Waals surface area contributed by atoms with E-state index in [0.29, 0.717) is 24.9 Å². The van der Waals surface area contributed by atoms with Gasteiger partial charge in [0.25, 0.3) is 0 Å². The van der Waals surface area contributed by atoms with Crippen LogP contribution in [0.15, 0.2) is 53.9 Å².